The molecule has 0 saturated heterocycles. The molecule has 3 aromatic carbocycles. The van der Waals surface area contributed by atoms with Crippen LogP contribution in [0.15, 0.2) is 75.7 Å². The summed E-state index contributed by atoms with van der Waals surface area (Å²) >= 11 is 0. The van der Waals surface area contributed by atoms with Crippen LogP contribution < -0.4 is 20.1 Å². The molecule has 0 saturated carbocycles. The molecule has 0 amide bonds. The number of hydrogen-bond acceptors (Lipinski definition) is 6. The monoisotopic (exact) mass is 426 g/mol. The van der Waals surface area contributed by atoms with Crippen LogP contribution in [0.5, 0.6) is 11.5 Å². The van der Waals surface area contributed by atoms with E-state index in [-0.39, 0.29) is 29.8 Å². The second-order valence-corrected chi connectivity index (χ2v) is 7.90. The average molecular weight is 426 g/mol. The lowest BCUT2D eigenvalue weighted by atomic mass is 10.1. The third-order valence-electron chi connectivity index (χ3n) is 4.09. The van der Waals surface area contributed by atoms with Crippen molar-refractivity contribution >= 4 is 33.6 Å². The first kappa shape index (κ1) is 21.1. The van der Waals surface area contributed by atoms with Crippen LogP contribution in [0, 0.1) is 6.92 Å². The van der Waals surface area contributed by atoms with Crippen molar-refractivity contribution in [3.63, 3.8) is 0 Å². The number of aryl methyl sites for hydroxylation is 1. The molecule has 9 heteroatoms. The Hall–Kier alpha value is -3.59. The number of hydrogen-bond donors (Lipinski definition) is 2. The molecule has 0 fully saturated rings. The number of aliphatic imine (C=N–C) groups is 1. The van der Waals surface area contributed by atoms with Crippen molar-refractivity contribution in [1.82, 2.24) is 5.43 Å². The quantitative estimate of drug-likeness (QED) is 0.188. The maximum atomic E-state index is 12.9. The number of guanidine groups is 1. The maximum Gasteiger partial charge on any atom is 0.339 e. The minimum Gasteiger partial charge on any atom is -0.492 e. The van der Waals surface area contributed by atoms with Crippen LogP contribution >= 0.6 is 0 Å². The molecule has 0 aliphatic heterocycles. The summed E-state index contributed by atoms with van der Waals surface area (Å²) < 4.78 is 36.9. The van der Waals surface area contributed by atoms with E-state index in [4.69, 9.17) is 14.7 Å². The molecule has 30 heavy (non-hydrogen) atoms. The smallest absolute Gasteiger partial charge is 0.339 e. The Kier molecular flexibility index (Phi) is 6.53. The van der Waals surface area contributed by atoms with Gasteiger partial charge in [-0.25, -0.2) is 10.4 Å². The fourth-order valence-electron chi connectivity index (χ4n) is 2.88. The predicted octanol–water partition coefficient (Wildman–Crippen LogP) is 2.81. The van der Waals surface area contributed by atoms with Crippen molar-refractivity contribution in [3.05, 3.63) is 66.2 Å². The van der Waals surface area contributed by atoms with E-state index in [0.717, 1.165) is 10.9 Å². The van der Waals surface area contributed by atoms with Gasteiger partial charge in [0, 0.05) is 18.2 Å². The summed E-state index contributed by atoms with van der Waals surface area (Å²) in [5.74, 6) is 0.753. The molecule has 3 rings (SSSR count). The zero-order valence-electron chi connectivity index (χ0n) is 16.4. The van der Waals surface area contributed by atoms with Gasteiger partial charge in [-0.3, -0.25) is 0 Å². The molecule has 156 valence electrons. The standard InChI is InChI=1S/C21H22N4O4S/c1-15-12-17(28-11-10-24-21(22)25-23-2)14-18(13-15)29-30(26,27)20-9-5-7-16-6-3-4-8-19(16)20/h3-9,12-14H,2,10-11H2,1H3,(H3,22,24,25). The first-order valence-electron chi connectivity index (χ1n) is 9.07. The Morgan fingerprint density at radius 3 is 2.63 bits per heavy atom. The van der Waals surface area contributed by atoms with Crippen molar-refractivity contribution in [2.45, 2.75) is 11.8 Å². The Balaban J connectivity index is 1.77. The van der Waals surface area contributed by atoms with Crippen molar-refractivity contribution in [2.24, 2.45) is 15.8 Å². The number of hydrazone groups is 1. The molecule has 0 aliphatic carbocycles. The molecule has 0 heterocycles. The normalized spacial score (nSPS) is 11.8. The third-order valence-corrected chi connectivity index (χ3v) is 5.39. The predicted molar refractivity (Wildman–Crippen MR) is 118 cm³/mol. The van der Waals surface area contributed by atoms with E-state index in [2.05, 4.69) is 22.2 Å². The first-order chi connectivity index (χ1) is 14.4. The van der Waals surface area contributed by atoms with Gasteiger partial charge in [-0.2, -0.15) is 13.5 Å². The highest BCUT2D eigenvalue weighted by Crippen LogP contribution is 2.28. The van der Waals surface area contributed by atoms with Gasteiger partial charge in [0.15, 0.2) is 0 Å². The Labute approximate surface area is 175 Å². The zero-order valence-corrected chi connectivity index (χ0v) is 17.2. The van der Waals surface area contributed by atoms with Crippen LogP contribution in [-0.4, -0.2) is 34.2 Å². The minimum absolute atomic E-state index is 0.109. The molecule has 0 aliphatic rings. The van der Waals surface area contributed by atoms with E-state index >= 15 is 0 Å². The van der Waals surface area contributed by atoms with E-state index in [9.17, 15) is 8.42 Å². The van der Waals surface area contributed by atoms with E-state index in [1.807, 2.05) is 25.1 Å². The van der Waals surface area contributed by atoms with Gasteiger partial charge in [0.05, 0.1) is 6.54 Å². The number of benzene rings is 3. The molecule has 0 atom stereocenters. The summed E-state index contributed by atoms with van der Waals surface area (Å²) in [6.45, 7) is 5.59. The van der Waals surface area contributed by atoms with Crippen molar-refractivity contribution < 1.29 is 17.3 Å². The van der Waals surface area contributed by atoms with Crippen LogP contribution in [0.3, 0.4) is 0 Å². The number of nitrogens with zero attached hydrogens (tertiary/aromatic N) is 2. The van der Waals surface area contributed by atoms with Gasteiger partial charge >= 0.3 is 10.1 Å². The second kappa shape index (κ2) is 9.27. The van der Waals surface area contributed by atoms with Crippen LogP contribution in [-0.2, 0) is 10.1 Å². The fourth-order valence-corrected chi connectivity index (χ4v) is 4.02. The molecular formula is C21H22N4O4S. The molecule has 3 aromatic rings. The number of ether oxygens (including phenoxy) is 1. The molecular weight excluding hydrogens is 404 g/mol. The fraction of sp³-hybridized carbons (Fsp3) is 0.143. The van der Waals surface area contributed by atoms with Gasteiger partial charge in [-0.05, 0) is 36.1 Å². The summed E-state index contributed by atoms with van der Waals surface area (Å²) in [4.78, 5) is 4.11. The summed E-state index contributed by atoms with van der Waals surface area (Å²) in [7, 11) is -4.03. The van der Waals surface area contributed by atoms with Gasteiger partial charge in [0.1, 0.15) is 23.0 Å². The largest absolute Gasteiger partial charge is 0.492 e. The molecule has 0 spiro atoms. The van der Waals surface area contributed by atoms with Crippen molar-refractivity contribution in [2.75, 3.05) is 13.2 Å². The van der Waals surface area contributed by atoms with E-state index in [0.29, 0.717) is 11.1 Å². The summed E-state index contributed by atoms with van der Waals surface area (Å²) in [5, 5.41) is 4.82. The molecule has 0 bridgehead atoms. The van der Waals surface area contributed by atoms with Crippen LogP contribution in [0.25, 0.3) is 10.8 Å². The SMILES string of the molecule is C=NNC(N)=NCCOc1cc(C)cc(OS(=O)(=O)c2cccc3ccccc23)c1. The van der Waals surface area contributed by atoms with Gasteiger partial charge < -0.3 is 14.7 Å². The summed E-state index contributed by atoms with van der Waals surface area (Å²) in [5.41, 5.74) is 8.74. The Morgan fingerprint density at radius 2 is 1.83 bits per heavy atom. The first-order valence-corrected chi connectivity index (χ1v) is 10.5. The van der Waals surface area contributed by atoms with Gasteiger partial charge in [0.2, 0.25) is 5.96 Å². The van der Waals surface area contributed by atoms with Crippen LogP contribution in [0.1, 0.15) is 5.56 Å². The summed E-state index contributed by atoms with van der Waals surface area (Å²) in [6.07, 6.45) is 0. The zero-order chi connectivity index (χ0) is 21.6. The molecule has 0 unspecified atom stereocenters. The lowest BCUT2D eigenvalue weighted by Gasteiger charge is -2.12. The molecule has 0 aromatic heterocycles. The highest BCUT2D eigenvalue weighted by Gasteiger charge is 2.20. The molecule has 8 nitrogen and oxygen atoms in total. The van der Waals surface area contributed by atoms with Crippen LogP contribution in [0.4, 0.5) is 0 Å². The summed E-state index contributed by atoms with van der Waals surface area (Å²) in [6, 6.07) is 17.2. The minimum atomic E-state index is -4.03. The highest BCUT2D eigenvalue weighted by atomic mass is 32.2. The third kappa shape index (κ3) is 5.26. The Morgan fingerprint density at radius 1 is 1.10 bits per heavy atom. The number of nitrogens with one attached hydrogen (secondary N) is 1. The topological polar surface area (TPSA) is 115 Å². The van der Waals surface area contributed by atoms with E-state index < -0.39 is 10.1 Å². The lowest BCUT2D eigenvalue weighted by molar-refractivity contribution is 0.327. The Bertz CT molecular complexity index is 1190. The number of fused-ring (bicyclic) bond motifs is 1. The second-order valence-electron chi connectivity index (χ2n) is 6.38. The van der Waals surface area contributed by atoms with Crippen LogP contribution in [0.2, 0.25) is 0 Å². The van der Waals surface area contributed by atoms with Gasteiger partial charge in [0.25, 0.3) is 0 Å². The molecule has 3 N–H and O–H groups in total. The van der Waals surface area contributed by atoms with Crippen molar-refractivity contribution in [3.8, 4) is 11.5 Å². The maximum absolute atomic E-state index is 12.9. The number of nitrogens with two attached hydrogens (primary N) is 1. The van der Waals surface area contributed by atoms with Gasteiger partial charge in [-0.1, -0.05) is 36.4 Å². The average Bonchev–Trinajstić information content (AvgIpc) is 2.70. The van der Waals surface area contributed by atoms with Gasteiger partial charge in [-0.15, -0.1) is 0 Å². The highest BCUT2D eigenvalue weighted by molar-refractivity contribution is 7.87. The molecule has 0 radical (unpaired) electrons. The lowest BCUT2D eigenvalue weighted by Crippen LogP contribution is -2.27. The van der Waals surface area contributed by atoms with E-state index in [1.54, 1.807) is 30.3 Å². The van der Waals surface area contributed by atoms with Crippen molar-refractivity contribution in [1.29, 1.82) is 0 Å². The number of rotatable bonds is 8. The van der Waals surface area contributed by atoms with E-state index in [1.165, 1.54) is 12.1 Å².